The lowest BCUT2D eigenvalue weighted by molar-refractivity contribution is 0.0469. The average molecular weight is 401 g/mol. The zero-order valence-corrected chi connectivity index (χ0v) is 15.9. The van der Waals surface area contributed by atoms with Crippen molar-refractivity contribution in [1.82, 2.24) is 4.98 Å². The van der Waals surface area contributed by atoms with Crippen molar-refractivity contribution in [3.63, 3.8) is 0 Å². The zero-order valence-electron chi connectivity index (χ0n) is 15.1. The Bertz CT molecular complexity index is 1000. The molecule has 0 aliphatic carbocycles. The smallest absolute Gasteiger partial charge is 0.358 e. The Hall–Kier alpha value is -3.26. The van der Waals surface area contributed by atoms with E-state index >= 15 is 0 Å². The van der Waals surface area contributed by atoms with Crippen molar-refractivity contribution in [2.75, 3.05) is 20.8 Å². The molecule has 6 nitrogen and oxygen atoms in total. The van der Waals surface area contributed by atoms with Gasteiger partial charge in [0.2, 0.25) is 0 Å². The molecule has 0 saturated heterocycles. The second-order valence-electron chi connectivity index (χ2n) is 5.62. The Labute approximate surface area is 164 Å². The fraction of sp³-hybridized carbons (Fsp3) is 0.150. The number of methoxy groups -OCH3 is 2. The Balaban J connectivity index is 1.62. The molecule has 3 rings (SSSR count). The molecule has 144 valence electrons. The molecule has 0 aliphatic heterocycles. The maximum absolute atomic E-state index is 13.7. The number of ketones is 1. The van der Waals surface area contributed by atoms with Crippen LogP contribution in [0.1, 0.15) is 20.8 Å². The van der Waals surface area contributed by atoms with Crippen molar-refractivity contribution >= 4 is 23.1 Å². The van der Waals surface area contributed by atoms with Gasteiger partial charge >= 0.3 is 5.97 Å². The Morgan fingerprint density at radius 3 is 2.46 bits per heavy atom. The lowest BCUT2D eigenvalue weighted by Gasteiger charge is -2.05. The first-order chi connectivity index (χ1) is 13.5. The summed E-state index contributed by atoms with van der Waals surface area (Å²) in [5, 5.41) is 2.19. The van der Waals surface area contributed by atoms with E-state index in [1.807, 2.05) is 12.1 Å². The van der Waals surface area contributed by atoms with E-state index in [0.717, 1.165) is 11.6 Å². The quantitative estimate of drug-likeness (QED) is 0.440. The van der Waals surface area contributed by atoms with E-state index in [4.69, 9.17) is 14.2 Å². The number of hydrogen-bond acceptors (Lipinski definition) is 7. The number of benzene rings is 2. The molecule has 3 aromatic rings. The number of aromatic nitrogens is 1. The fourth-order valence-electron chi connectivity index (χ4n) is 2.36. The van der Waals surface area contributed by atoms with Gasteiger partial charge in [-0.25, -0.2) is 14.2 Å². The van der Waals surface area contributed by atoms with E-state index in [0.29, 0.717) is 10.8 Å². The monoisotopic (exact) mass is 401 g/mol. The highest BCUT2D eigenvalue weighted by Gasteiger charge is 2.17. The van der Waals surface area contributed by atoms with Crippen LogP contribution in [-0.2, 0) is 4.74 Å². The fourth-order valence-corrected chi connectivity index (χ4v) is 3.16. The van der Waals surface area contributed by atoms with Gasteiger partial charge < -0.3 is 14.2 Å². The second-order valence-corrected chi connectivity index (χ2v) is 6.47. The number of carbonyl (C=O) groups is 2. The van der Waals surface area contributed by atoms with Gasteiger partial charge in [0.25, 0.3) is 0 Å². The van der Waals surface area contributed by atoms with Gasteiger partial charge in [-0.2, -0.15) is 0 Å². The topological polar surface area (TPSA) is 74.7 Å². The van der Waals surface area contributed by atoms with E-state index in [2.05, 4.69) is 4.98 Å². The van der Waals surface area contributed by atoms with Gasteiger partial charge in [-0.05, 0) is 42.5 Å². The molecule has 0 saturated carbocycles. The number of carbonyl (C=O) groups excluding carboxylic acids is 2. The summed E-state index contributed by atoms with van der Waals surface area (Å²) in [7, 11) is 2.91. The summed E-state index contributed by atoms with van der Waals surface area (Å²) in [5.41, 5.74) is 1.02. The summed E-state index contributed by atoms with van der Waals surface area (Å²) in [6.07, 6.45) is 0. The van der Waals surface area contributed by atoms with Crippen molar-refractivity contribution in [1.29, 1.82) is 0 Å². The Kier molecular flexibility index (Phi) is 6.00. The van der Waals surface area contributed by atoms with Crippen molar-refractivity contribution in [3.8, 4) is 22.1 Å². The third kappa shape index (κ3) is 4.34. The van der Waals surface area contributed by atoms with E-state index in [9.17, 15) is 14.0 Å². The van der Waals surface area contributed by atoms with Gasteiger partial charge in [0.15, 0.2) is 29.7 Å². The lowest BCUT2D eigenvalue weighted by atomic mass is 10.1. The van der Waals surface area contributed by atoms with Gasteiger partial charge in [-0.15, -0.1) is 11.3 Å². The molecular weight excluding hydrogens is 385 g/mol. The summed E-state index contributed by atoms with van der Waals surface area (Å²) in [6.45, 7) is -0.514. The number of Topliss-reactive ketones (excluding diaryl/α,β-unsaturated/α-hetero) is 1. The first-order valence-electron chi connectivity index (χ1n) is 8.15. The number of rotatable bonds is 7. The van der Waals surface area contributed by atoms with Crippen molar-refractivity contribution < 1.29 is 28.2 Å². The van der Waals surface area contributed by atoms with E-state index in [1.54, 1.807) is 24.6 Å². The van der Waals surface area contributed by atoms with Crippen LogP contribution in [0.5, 0.6) is 11.5 Å². The van der Waals surface area contributed by atoms with Crippen LogP contribution in [0.2, 0.25) is 0 Å². The van der Waals surface area contributed by atoms with Crippen LogP contribution < -0.4 is 9.47 Å². The maximum Gasteiger partial charge on any atom is 0.358 e. The predicted molar refractivity (Wildman–Crippen MR) is 102 cm³/mol. The molecule has 8 heteroatoms. The van der Waals surface area contributed by atoms with Gasteiger partial charge in [0, 0.05) is 16.5 Å². The molecule has 1 heterocycles. The molecule has 0 amide bonds. The standard InChI is InChI=1S/C20H16FNO5S/c1-25-14-6-3-12(4-7-14)19-22-16(11-28-19)20(24)27-10-17(23)13-5-8-18(26-2)15(21)9-13/h3-9,11H,10H2,1-2H3. The van der Waals surface area contributed by atoms with Gasteiger partial charge in [-0.3, -0.25) is 4.79 Å². The van der Waals surface area contributed by atoms with Gasteiger partial charge in [0.1, 0.15) is 10.8 Å². The summed E-state index contributed by atoms with van der Waals surface area (Å²) < 4.78 is 28.6. The largest absolute Gasteiger partial charge is 0.497 e. The number of ether oxygens (including phenoxy) is 3. The lowest BCUT2D eigenvalue weighted by Crippen LogP contribution is -2.14. The first kappa shape index (κ1) is 19.5. The SMILES string of the molecule is COc1ccc(-c2nc(C(=O)OCC(=O)c3ccc(OC)c(F)c3)cs2)cc1. The number of halogens is 1. The van der Waals surface area contributed by atoms with Gasteiger partial charge in [-0.1, -0.05) is 0 Å². The number of nitrogens with zero attached hydrogens (tertiary/aromatic N) is 1. The van der Waals surface area contributed by atoms with E-state index < -0.39 is 24.2 Å². The summed E-state index contributed by atoms with van der Waals surface area (Å²) in [6, 6.07) is 11.0. The highest BCUT2D eigenvalue weighted by Crippen LogP contribution is 2.26. The van der Waals surface area contributed by atoms with Crippen molar-refractivity contribution in [2.24, 2.45) is 0 Å². The first-order valence-corrected chi connectivity index (χ1v) is 9.03. The highest BCUT2D eigenvalue weighted by atomic mass is 32.1. The minimum Gasteiger partial charge on any atom is -0.497 e. The van der Waals surface area contributed by atoms with Crippen LogP contribution in [0.15, 0.2) is 47.8 Å². The van der Waals surface area contributed by atoms with Crippen LogP contribution in [0.4, 0.5) is 4.39 Å². The minimum atomic E-state index is -0.724. The third-order valence-corrected chi connectivity index (χ3v) is 4.75. The molecule has 0 spiro atoms. The Morgan fingerprint density at radius 2 is 1.82 bits per heavy atom. The average Bonchev–Trinajstić information content (AvgIpc) is 3.22. The van der Waals surface area contributed by atoms with Crippen LogP contribution in [0, 0.1) is 5.82 Å². The van der Waals surface area contributed by atoms with Crippen molar-refractivity contribution in [2.45, 2.75) is 0 Å². The van der Waals surface area contributed by atoms with Crippen LogP contribution in [0.25, 0.3) is 10.6 Å². The molecule has 0 atom stereocenters. The second kappa shape index (κ2) is 8.62. The molecule has 0 radical (unpaired) electrons. The molecular formula is C20H16FNO5S. The Morgan fingerprint density at radius 1 is 1.07 bits per heavy atom. The van der Waals surface area contributed by atoms with E-state index in [-0.39, 0.29) is 17.0 Å². The van der Waals surface area contributed by atoms with Crippen LogP contribution in [0.3, 0.4) is 0 Å². The van der Waals surface area contributed by atoms with E-state index in [1.165, 1.54) is 30.6 Å². The molecule has 0 N–H and O–H groups in total. The van der Waals surface area contributed by atoms with Crippen LogP contribution >= 0.6 is 11.3 Å². The molecule has 2 aromatic carbocycles. The number of hydrogen-bond donors (Lipinski definition) is 0. The van der Waals surface area contributed by atoms with Gasteiger partial charge in [0.05, 0.1) is 14.2 Å². The molecule has 0 unspecified atom stereocenters. The number of thiazole rings is 1. The molecule has 0 fully saturated rings. The molecule has 28 heavy (non-hydrogen) atoms. The summed E-state index contributed by atoms with van der Waals surface area (Å²) in [4.78, 5) is 28.5. The number of esters is 1. The van der Waals surface area contributed by atoms with Crippen molar-refractivity contribution in [3.05, 3.63) is 64.9 Å². The molecule has 0 bridgehead atoms. The molecule has 1 aromatic heterocycles. The zero-order chi connectivity index (χ0) is 20.1. The predicted octanol–water partition coefficient (Wildman–Crippen LogP) is 4.01. The summed E-state index contributed by atoms with van der Waals surface area (Å²) >= 11 is 1.28. The minimum absolute atomic E-state index is 0.0297. The maximum atomic E-state index is 13.7. The normalized spacial score (nSPS) is 10.4. The summed E-state index contributed by atoms with van der Waals surface area (Å²) in [5.74, 6) is -1.17. The molecule has 0 aliphatic rings. The van der Waals surface area contributed by atoms with Crippen LogP contribution in [-0.4, -0.2) is 37.6 Å². The third-order valence-electron chi connectivity index (χ3n) is 3.86. The highest BCUT2D eigenvalue weighted by molar-refractivity contribution is 7.13.